The van der Waals surface area contributed by atoms with Gasteiger partial charge in [-0.2, -0.15) is 0 Å². The number of methoxy groups -OCH3 is 1. The Morgan fingerprint density at radius 1 is 0.703 bits per heavy atom. The van der Waals surface area contributed by atoms with Crippen LogP contribution in [0.5, 0.6) is 17.2 Å². The quantitative estimate of drug-likeness (QED) is 0.0877. The Morgan fingerprint density at radius 3 is 1.76 bits per heavy atom. The summed E-state index contributed by atoms with van der Waals surface area (Å²) < 4.78 is 22.0. The molecule has 0 aliphatic rings. The second kappa shape index (κ2) is 16.4. The zero-order chi connectivity index (χ0) is 27.1. The first-order valence-corrected chi connectivity index (χ1v) is 18.9. The summed E-state index contributed by atoms with van der Waals surface area (Å²) in [6.45, 7) is 9.13. The molecule has 0 amide bonds. The third-order valence-electron chi connectivity index (χ3n) is 5.98. The minimum absolute atomic E-state index is 0.244. The van der Waals surface area contributed by atoms with Gasteiger partial charge in [0.2, 0.25) is 0 Å². The van der Waals surface area contributed by atoms with Crippen molar-refractivity contribution >= 4 is 29.3 Å². The van der Waals surface area contributed by atoms with Crippen molar-refractivity contribution in [3.05, 3.63) is 54.1 Å². The number of carbonyl (C=O) groups excluding carboxylic acids is 2. The second-order valence-corrected chi connectivity index (χ2v) is 16.8. The Bertz CT molecular complexity index is 942. The van der Waals surface area contributed by atoms with Crippen molar-refractivity contribution in [2.45, 2.75) is 90.0 Å². The molecule has 0 heterocycles. The van der Waals surface area contributed by atoms with E-state index in [1.807, 2.05) is 0 Å². The van der Waals surface area contributed by atoms with Crippen molar-refractivity contribution in [1.82, 2.24) is 0 Å². The van der Waals surface area contributed by atoms with Gasteiger partial charge in [0.05, 0.1) is 12.7 Å². The predicted molar refractivity (Wildman–Crippen MR) is 152 cm³/mol. The van der Waals surface area contributed by atoms with Crippen molar-refractivity contribution in [1.29, 1.82) is 0 Å². The molecule has 0 aliphatic heterocycles. The van der Waals surface area contributed by atoms with Crippen LogP contribution in [0.1, 0.15) is 68.1 Å². The van der Waals surface area contributed by atoms with Crippen LogP contribution in [0.15, 0.2) is 48.5 Å². The number of unbranched alkanes of at least 4 members (excludes halogenated alkanes) is 7. The molecule has 0 aliphatic carbocycles. The third-order valence-corrected chi connectivity index (χ3v) is 11.4. The summed E-state index contributed by atoms with van der Waals surface area (Å²) in [6.07, 6.45) is 9.76. The fourth-order valence-electron chi connectivity index (χ4n) is 4.14. The van der Waals surface area contributed by atoms with Crippen molar-refractivity contribution in [3.63, 3.8) is 0 Å². The SMILES string of the molecule is COc1ccc(OC(=O)c2ccc(OC(=O)CCCCCCCCCC[Si](C)(C)O[Si](C)C)cc2)cc1. The molecule has 0 spiro atoms. The molecule has 0 saturated carbocycles. The molecule has 6 nitrogen and oxygen atoms in total. The number of ether oxygens (including phenoxy) is 3. The van der Waals surface area contributed by atoms with Gasteiger partial charge in [0.15, 0.2) is 17.4 Å². The van der Waals surface area contributed by atoms with E-state index in [1.165, 1.54) is 38.1 Å². The highest BCUT2D eigenvalue weighted by Crippen LogP contribution is 2.21. The Hall–Kier alpha value is -2.43. The van der Waals surface area contributed by atoms with Gasteiger partial charge < -0.3 is 18.3 Å². The van der Waals surface area contributed by atoms with Crippen molar-refractivity contribution in [3.8, 4) is 17.2 Å². The van der Waals surface area contributed by atoms with Crippen LogP contribution < -0.4 is 14.2 Å². The van der Waals surface area contributed by atoms with E-state index in [4.69, 9.17) is 18.3 Å². The van der Waals surface area contributed by atoms with Gasteiger partial charge in [0, 0.05) is 6.42 Å². The summed E-state index contributed by atoms with van der Waals surface area (Å²) in [7, 11) is -0.445. The number of hydrogen-bond acceptors (Lipinski definition) is 6. The van der Waals surface area contributed by atoms with Gasteiger partial charge in [-0.1, -0.05) is 44.9 Å². The van der Waals surface area contributed by atoms with Gasteiger partial charge in [0.1, 0.15) is 17.2 Å². The average molecular weight is 544 g/mol. The van der Waals surface area contributed by atoms with Crippen molar-refractivity contribution in [2.24, 2.45) is 0 Å². The molecule has 0 N–H and O–H groups in total. The summed E-state index contributed by atoms with van der Waals surface area (Å²) in [4.78, 5) is 24.5. The summed E-state index contributed by atoms with van der Waals surface area (Å²) in [5.41, 5.74) is 0.381. The molecule has 0 atom stereocenters. The van der Waals surface area contributed by atoms with E-state index in [0.717, 1.165) is 19.3 Å². The number of hydrogen-bond donors (Lipinski definition) is 0. The Kier molecular flexibility index (Phi) is 13.7. The van der Waals surface area contributed by atoms with Crippen LogP contribution in [0.3, 0.4) is 0 Å². The first-order valence-electron chi connectivity index (χ1n) is 13.3. The monoisotopic (exact) mass is 543 g/mol. The van der Waals surface area contributed by atoms with Crippen molar-refractivity contribution < 1.29 is 27.9 Å². The first-order chi connectivity index (χ1) is 17.7. The maximum atomic E-state index is 12.3. The highest BCUT2D eigenvalue weighted by Gasteiger charge is 2.22. The molecule has 0 fully saturated rings. The van der Waals surface area contributed by atoms with E-state index in [9.17, 15) is 9.59 Å². The lowest BCUT2D eigenvalue weighted by atomic mass is 10.1. The molecule has 0 bridgehead atoms. The Labute approximate surface area is 225 Å². The topological polar surface area (TPSA) is 71.1 Å². The van der Waals surface area contributed by atoms with E-state index >= 15 is 0 Å². The van der Waals surface area contributed by atoms with Gasteiger partial charge in [-0.25, -0.2) is 4.79 Å². The third kappa shape index (κ3) is 13.1. The zero-order valence-corrected chi connectivity index (χ0v) is 25.1. The lowest BCUT2D eigenvalue weighted by Crippen LogP contribution is -2.34. The summed E-state index contributed by atoms with van der Waals surface area (Å²) in [5, 5.41) is 0. The molecule has 0 unspecified atom stereocenters. The average Bonchev–Trinajstić information content (AvgIpc) is 2.85. The molecule has 203 valence electrons. The van der Waals surface area contributed by atoms with Crippen LogP contribution in [0.25, 0.3) is 0 Å². The van der Waals surface area contributed by atoms with E-state index in [0.29, 0.717) is 29.2 Å². The van der Waals surface area contributed by atoms with Crippen molar-refractivity contribution in [2.75, 3.05) is 7.11 Å². The maximum Gasteiger partial charge on any atom is 0.343 e. The predicted octanol–water partition coefficient (Wildman–Crippen LogP) is 7.80. The molecule has 0 saturated heterocycles. The molecule has 8 heteroatoms. The summed E-state index contributed by atoms with van der Waals surface area (Å²) >= 11 is 0. The number of rotatable bonds is 17. The molecule has 2 rings (SSSR count). The summed E-state index contributed by atoms with van der Waals surface area (Å²) in [6, 6.07) is 14.5. The highest BCUT2D eigenvalue weighted by atomic mass is 28.4. The van der Waals surface area contributed by atoms with Gasteiger partial charge in [0.25, 0.3) is 0 Å². The molecule has 37 heavy (non-hydrogen) atoms. The fourth-order valence-corrected chi connectivity index (χ4v) is 10.1. The van der Waals surface area contributed by atoms with Gasteiger partial charge in [-0.05, 0) is 87.2 Å². The van der Waals surface area contributed by atoms with E-state index in [2.05, 4.69) is 26.2 Å². The van der Waals surface area contributed by atoms with Crippen LogP contribution in [-0.2, 0) is 8.91 Å². The van der Waals surface area contributed by atoms with Crippen LogP contribution >= 0.6 is 0 Å². The van der Waals surface area contributed by atoms with E-state index in [-0.39, 0.29) is 5.97 Å². The standard InChI is InChI=1S/C29H43O6Si2/c1-32-25-19-21-27(22-20-25)34-29(31)24-15-17-26(18-16-24)33-28(30)14-12-10-8-6-7-9-11-13-23-37(4,5)35-36(2)3/h15-22H,6-14,23H2,1-5H3. The van der Waals surface area contributed by atoms with Gasteiger partial charge >= 0.3 is 11.9 Å². The normalized spacial score (nSPS) is 11.4. The number of benzene rings is 2. The molecular weight excluding hydrogens is 500 g/mol. The van der Waals surface area contributed by atoms with Gasteiger partial charge in [-0.15, -0.1) is 0 Å². The smallest absolute Gasteiger partial charge is 0.343 e. The lowest BCUT2D eigenvalue weighted by Gasteiger charge is -2.25. The van der Waals surface area contributed by atoms with Crippen LogP contribution in [0, 0.1) is 0 Å². The fraction of sp³-hybridized carbons (Fsp3) is 0.517. The Morgan fingerprint density at radius 2 is 1.19 bits per heavy atom. The van der Waals surface area contributed by atoms with Gasteiger partial charge in [-0.3, -0.25) is 4.79 Å². The van der Waals surface area contributed by atoms with Crippen LogP contribution in [0.4, 0.5) is 0 Å². The minimum atomic E-state index is -1.44. The molecule has 2 aromatic carbocycles. The Balaban J connectivity index is 1.54. The number of esters is 2. The van der Waals surface area contributed by atoms with E-state index in [1.54, 1.807) is 55.6 Å². The highest BCUT2D eigenvalue weighted by molar-refractivity contribution is 6.77. The second-order valence-electron chi connectivity index (χ2n) is 10.2. The van der Waals surface area contributed by atoms with E-state index < -0.39 is 23.3 Å². The summed E-state index contributed by atoms with van der Waals surface area (Å²) in [5.74, 6) is 0.824. The minimum Gasteiger partial charge on any atom is -0.497 e. The molecular formula is C29H43O6Si2. The van der Waals surface area contributed by atoms with Crippen LogP contribution in [0.2, 0.25) is 32.2 Å². The molecule has 2 aromatic rings. The lowest BCUT2D eigenvalue weighted by molar-refractivity contribution is -0.134. The number of carbonyl (C=O) groups is 2. The zero-order valence-electron chi connectivity index (χ0n) is 23.1. The van der Waals surface area contributed by atoms with Crippen LogP contribution in [-0.4, -0.2) is 36.4 Å². The molecule has 0 aromatic heterocycles. The maximum absolute atomic E-state index is 12.3. The first kappa shape index (κ1) is 30.8. The molecule has 1 radical (unpaired) electrons. The largest absolute Gasteiger partial charge is 0.497 e.